The lowest BCUT2D eigenvalue weighted by Gasteiger charge is -2.24. The van der Waals surface area contributed by atoms with Crippen molar-refractivity contribution in [1.82, 2.24) is 0 Å². The highest BCUT2D eigenvalue weighted by Crippen LogP contribution is 2.45. The molecule has 0 saturated heterocycles. The van der Waals surface area contributed by atoms with E-state index in [2.05, 4.69) is 5.32 Å². The van der Waals surface area contributed by atoms with Gasteiger partial charge in [-0.1, -0.05) is 52.0 Å². The van der Waals surface area contributed by atoms with Gasteiger partial charge < -0.3 is 10.4 Å². The number of allylic oxidation sites excluding steroid dienone is 8. The van der Waals surface area contributed by atoms with Crippen molar-refractivity contribution in [3.63, 3.8) is 0 Å². The van der Waals surface area contributed by atoms with Crippen molar-refractivity contribution in [2.24, 2.45) is 4.99 Å². The normalized spacial score (nSPS) is 20.0. The summed E-state index contributed by atoms with van der Waals surface area (Å²) in [5.41, 5.74) is 7.17. The van der Waals surface area contributed by atoms with E-state index < -0.39 is 37.0 Å². The first-order valence-electron chi connectivity index (χ1n) is 15.6. The number of carboxylic acids is 1. The predicted octanol–water partition coefficient (Wildman–Crippen LogP) is 7.65. The minimum atomic E-state index is -4.38. The molecule has 0 radical (unpaired) electrons. The maximum atomic E-state index is 11.8. The smallest absolute Gasteiger partial charge is 0.335 e. The lowest BCUT2D eigenvalue weighted by Crippen LogP contribution is -2.24. The van der Waals surface area contributed by atoms with E-state index in [4.69, 9.17) is 4.99 Å². The van der Waals surface area contributed by atoms with E-state index in [1.165, 1.54) is 24.3 Å². The van der Waals surface area contributed by atoms with Crippen LogP contribution in [0.5, 0.6) is 0 Å². The Kier molecular flexibility index (Phi) is 8.43. The van der Waals surface area contributed by atoms with Gasteiger partial charge in [0.25, 0.3) is 20.2 Å². The Morgan fingerprint density at radius 3 is 2.06 bits per heavy atom. The fourth-order valence-electron chi connectivity index (χ4n) is 6.71. The Balaban J connectivity index is 1.41. The maximum Gasteiger partial charge on any atom is 0.335 e. The second-order valence-corrected chi connectivity index (χ2v) is 16.3. The molecular formula is C37H36N2O8S2. The van der Waals surface area contributed by atoms with Gasteiger partial charge in [-0.2, -0.15) is 16.8 Å². The molecule has 0 fully saturated rings. The van der Waals surface area contributed by atoms with Crippen LogP contribution in [0.25, 0.3) is 5.57 Å². The molecule has 3 aromatic carbocycles. The van der Waals surface area contributed by atoms with Gasteiger partial charge in [-0.15, -0.1) is 0 Å². The van der Waals surface area contributed by atoms with Gasteiger partial charge in [0.1, 0.15) is 0 Å². The first kappa shape index (κ1) is 34.3. The molecule has 49 heavy (non-hydrogen) atoms. The number of aromatic carboxylic acids is 1. The largest absolute Gasteiger partial charge is 0.478 e. The van der Waals surface area contributed by atoms with Crippen LogP contribution in [0, 0.1) is 0 Å². The summed E-state index contributed by atoms with van der Waals surface area (Å²) in [4.78, 5) is 16.0. The van der Waals surface area contributed by atoms with Crippen molar-refractivity contribution in [1.29, 1.82) is 0 Å². The Labute approximate surface area is 285 Å². The first-order chi connectivity index (χ1) is 22.9. The second-order valence-electron chi connectivity index (χ2n) is 13.5. The van der Waals surface area contributed by atoms with Crippen LogP contribution in [-0.4, -0.2) is 42.7 Å². The van der Waals surface area contributed by atoms with Crippen molar-refractivity contribution in [3.8, 4) is 0 Å². The third-order valence-electron chi connectivity index (χ3n) is 9.57. The summed E-state index contributed by atoms with van der Waals surface area (Å²) in [6, 6.07) is 15.6. The summed E-state index contributed by atoms with van der Waals surface area (Å²) >= 11 is 0. The Hall–Kier alpha value is -4.62. The van der Waals surface area contributed by atoms with Crippen molar-refractivity contribution in [2.45, 2.75) is 67.6 Å². The van der Waals surface area contributed by atoms with E-state index >= 15 is 0 Å². The summed E-state index contributed by atoms with van der Waals surface area (Å²) < 4.78 is 66.5. The highest BCUT2D eigenvalue weighted by Gasteiger charge is 2.36. The monoisotopic (exact) mass is 700 g/mol. The van der Waals surface area contributed by atoms with Gasteiger partial charge in [0.15, 0.2) is 0 Å². The number of anilines is 1. The molecule has 0 unspecified atom stereocenters. The molecule has 0 saturated carbocycles. The van der Waals surface area contributed by atoms with Crippen LogP contribution in [0.15, 0.2) is 117 Å². The highest BCUT2D eigenvalue weighted by molar-refractivity contribution is 7.86. The molecule has 6 rings (SSSR count). The van der Waals surface area contributed by atoms with Crippen LogP contribution in [0.3, 0.4) is 0 Å². The molecule has 0 amide bonds. The van der Waals surface area contributed by atoms with E-state index in [1.54, 1.807) is 36.4 Å². The molecule has 254 valence electrons. The third kappa shape index (κ3) is 6.44. The van der Waals surface area contributed by atoms with E-state index in [0.717, 1.165) is 64.2 Å². The standard InChI is InChI=1S/C37H36N2O8S2/c1-36(2)28-20-26(48(42,43)44)14-16-30(28)38-32(36)18-12-22-6-5-7-23(34(22)24-8-10-25(11-9-24)35(40)41)13-19-33-37(3,4)29-21-27(49(45,46)47)15-17-31(29)39-33/h8-21,38H,5-7H2,1-4H3,(H,40,41)(H,42,43,44)(H,45,46,47). The number of carboxylic acid groups (broad SMARTS) is 1. The number of hydrogen-bond donors (Lipinski definition) is 4. The third-order valence-corrected chi connectivity index (χ3v) is 11.3. The molecule has 0 bridgehead atoms. The molecule has 1 aliphatic carbocycles. The number of rotatable bonds is 7. The van der Waals surface area contributed by atoms with E-state index in [1.807, 2.05) is 52.0 Å². The number of nitrogens with zero attached hydrogens (tertiary/aromatic N) is 1. The van der Waals surface area contributed by atoms with Crippen LogP contribution in [0.4, 0.5) is 11.4 Å². The molecular weight excluding hydrogens is 665 g/mol. The molecule has 3 aromatic rings. The van der Waals surface area contributed by atoms with Gasteiger partial charge in [-0.25, -0.2) is 4.79 Å². The van der Waals surface area contributed by atoms with Gasteiger partial charge in [0.2, 0.25) is 0 Å². The van der Waals surface area contributed by atoms with Crippen molar-refractivity contribution < 1.29 is 35.8 Å². The van der Waals surface area contributed by atoms with Crippen molar-refractivity contribution >= 4 is 48.9 Å². The lowest BCUT2D eigenvalue weighted by atomic mass is 9.79. The minimum Gasteiger partial charge on any atom is -0.478 e. The summed E-state index contributed by atoms with van der Waals surface area (Å²) in [7, 11) is -8.75. The van der Waals surface area contributed by atoms with Crippen molar-refractivity contribution in [3.05, 3.63) is 124 Å². The zero-order valence-electron chi connectivity index (χ0n) is 27.4. The van der Waals surface area contributed by atoms with E-state index in [0.29, 0.717) is 11.3 Å². The summed E-state index contributed by atoms with van der Waals surface area (Å²) in [6.45, 7) is 7.84. The molecule has 2 heterocycles. The fraction of sp³-hybridized carbons (Fsp3) is 0.243. The number of hydrogen-bond acceptors (Lipinski definition) is 7. The number of aliphatic imine (C=N–C) groups is 1. The molecule has 3 aliphatic rings. The Morgan fingerprint density at radius 1 is 0.796 bits per heavy atom. The van der Waals surface area contributed by atoms with E-state index in [9.17, 15) is 35.8 Å². The van der Waals surface area contributed by atoms with E-state index in [-0.39, 0.29) is 15.4 Å². The zero-order chi connectivity index (χ0) is 35.5. The molecule has 2 aliphatic heterocycles. The van der Waals surface area contributed by atoms with Crippen molar-refractivity contribution in [2.75, 3.05) is 5.32 Å². The fourth-order valence-corrected chi connectivity index (χ4v) is 7.72. The number of fused-ring (bicyclic) bond motifs is 2. The molecule has 0 atom stereocenters. The molecule has 10 nitrogen and oxygen atoms in total. The molecule has 12 heteroatoms. The molecule has 4 N–H and O–H groups in total. The van der Waals surface area contributed by atoms with Gasteiger partial charge >= 0.3 is 5.97 Å². The predicted molar refractivity (Wildman–Crippen MR) is 189 cm³/mol. The topological polar surface area (TPSA) is 170 Å². The quantitative estimate of drug-likeness (QED) is 0.181. The van der Waals surface area contributed by atoms with Crippen LogP contribution in [0.1, 0.15) is 74.0 Å². The van der Waals surface area contributed by atoms with Gasteiger partial charge in [-0.05, 0) is 113 Å². The minimum absolute atomic E-state index is 0.170. The summed E-state index contributed by atoms with van der Waals surface area (Å²) in [5, 5.41) is 12.9. The molecule has 0 aromatic heterocycles. The van der Waals surface area contributed by atoms with Crippen LogP contribution < -0.4 is 5.32 Å². The van der Waals surface area contributed by atoms with Gasteiger partial charge in [0, 0.05) is 22.2 Å². The summed E-state index contributed by atoms with van der Waals surface area (Å²) in [5.74, 6) is -1.02. The first-order valence-corrected chi connectivity index (χ1v) is 18.5. The Bertz CT molecular complexity index is 2290. The zero-order valence-corrected chi connectivity index (χ0v) is 29.0. The molecule has 0 spiro atoms. The SMILES string of the molecule is CC1(C)C(C=CC2=C(c3ccc(C(=O)O)cc3)C(=CC=C3Nc4ccc(S(=O)(=O)O)cc4C3(C)C)CCC2)=Nc2ccc(S(=O)(=O)O)cc21. The number of nitrogens with one attached hydrogen (secondary N) is 1. The highest BCUT2D eigenvalue weighted by atomic mass is 32.2. The average molecular weight is 701 g/mol. The summed E-state index contributed by atoms with van der Waals surface area (Å²) in [6.07, 6.45) is 10.3. The number of benzene rings is 3. The lowest BCUT2D eigenvalue weighted by molar-refractivity contribution is 0.0696. The second kappa shape index (κ2) is 12.1. The maximum absolute atomic E-state index is 11.8. The average Bonchev–Trinajstić information content (AvgIpc) is 3.44. The van der Waals surface area contributed by atoms with Crippen LogP contribution in [0.2, 0.25) is 0 Å². The van der Waals surface area contributed by atoms with Gasteiger partial charge in [0.05, 0.1) is 26.8 Å². The van der Waals surface area contributed by atoms with Crippen LogP contribution in [-0.2, 0) is 31.1 Å². The van der Waals surface area contributed by atoms with Crippen LogP contribution >= 0.6 is 0 Å². The number of carbonyl (C=O) groups is 1. The van der Waals surface area contributed by atoms with Gasteiger partial charge in [-0.3, -0.25) is 14.1 Å². The Morgan fingerprint density at radius 2 is 1.43 bits per heavy atom.